The Bertz CT molecular complexity index is 629. The molecule has 19 heavy (non-hydrogen) atoms. The van der Waals surface area contributed by atoms with Crippen molar-refractivity contribution >= 4 is 6.29 Å². The third kappa shape index (κ3) is 2.20. The molecule has 0 unspecified atom stereocenters. The van der Waals surface area contributed by atoms with E-state index in [2.05, 4.69) is 31.0 Å². The average molecular weight is 260 g/mol. The maximum atomic E-state index is 11.3. The molecule has 2 heterocycles. The molecular formula is C14H20N4O. The van der Waals surface area contributed by atoms with Crippen LogP contribution >= 0.6 is 0 Å². The zero-order valence-electron chi connectivity index (χ0n) is 12.4. The molecule has 5 nitrogen and oxygen atoms in total. The highest BCUT2D eigenvalue weighted by Gasteiger charge is 2.22. The van der Waals surface area contributed by atoms with E-state index in [0.717, 1.165) is 23.2 Å². The SMILES string of the molecule is Cc1nn(C)c(C)c1-c1nn(C(C)(C)C)cc1C=O. The zero-order valence-corrected chi connectivity index (χ0v) is 12.4. The highest BCUT2D eigenvalue weighted by molar-refractivity contribution is 5.86. The molecule has 0 radical (unpaired) electrons. The fraction of sp³-hybridized carbons (Fsp3) is 0.500. The molecule has 5 heteroatoms. The Kier molecular flexibility index (Phi) is 3.08. The molecule has 0 aliphatic carbocycles. The Balaban J connectivity index is 2.68. The first kappa shape index (κ1) is 13.5. The van der Waals surface area contributed by atoms with Crippen LogP contribution in [-0.4, -0.2) is 25.8 Å². The van der Waals surface area contributed by atoms with Crippen LogP contribution < -0.4 is 0 Å². The molecule has 102 valence electrons. The van der Waals surface area contributed by atoms with Crippen LogP contribution in [0.4, 0.5) is 0 Å². The van der Waals surface area contributed by atoms with Gasteiger partial charge in [-0.05, 0) is 34.6 Å². The summed E-state index contributed by atoms with van der Waals surface area (Å²) in [5, 5.41) is 8.97. The lowest BCUT2D eigenvalue weighted by Crippen LogP contribution is -2.22. The van der Waals surface area contributed by atoms with Gasteiger partial charge in [-0.3, -0.25) is 14.2 Å². The second-order valence-electron chi connectivity index (χ2n) is 5.84. The van der Waals surface area contributed by atoms with Gasteiger partial charge in [0.2, 0.25) is 0 Å². The van der Waals surface area contributed by atoms with E-state index >= 15 is 0 Å². The quantitative estimate of drug-likeness (QED) is 0.779. The topological polar surface area (TPSA) is 52.7 Å². The van der Waals surface area contributed by atoms with E-state index in [1.807, 2.05) is 30.3 Å². The molecule has 0 saturated carbocycles. The number of aromatic nitrogens is 4. The van der Waals surface area contributed by atoms with E-state index < -0.39 is 0 Å². The number of rotatable bonds is 2. The van der Waals surface area contributed by atoms with Gasteiger partial charge in [0.25, 0.3) is 0 Å². The molecule has 0 amide bonds. The zero-order chi connectivity index (χ0) is 14.4. The van der Waals surface area contributed by atoms with E-state index in [4.69, 9.17) is 0 Å². The van der Waals surface area contributed by atoms with Crippen LogP contribution in [0, 0.1) is 13.8 Å². The third-order valence-electron chi connectivity index (χ3n) is 3.30. The Morgan fingerprint density at radius 2 is 1.84 bits per heavy atom. The van der Waals surface area contributed by atoms with Crippen molar-refractivity contribution < 1.29 is 4.79 Å². The summed E-state index contributed by atoms with van der Waals surface area (Å²) >= 11 is 0. The first-order valence-electron chi connectivity index (χ1n) is 6.31. The second kappa shape index (κ2) is 4.33. The van der Waals surface area contributed by atoms with E-state index in [-0.39, 0.29) is 5.54 Å². The minimum atomic E-state index is -0.153. The number of carbonyl (C=O) groups is 1. The summed E-state index contributed by atoms with van der Waals surface area (Å²) in [4.78, 5) is 11.3. The summed E-state index contributed by atoms with van der Waals surface area (Å²) in [6.45, 7) is 10.1. The van der Waals surface area contributed by atoms with E-state index in [1.165, 1.54) is 0 Å². The first-order valence-corrected chi connectivity index (χ1v) is 6.31. The molecule has 2 aromatic heterocycles. The molecule has 0 aromatic carbocycles. The normalized spacial score (nSPS) is 11.9. The summed E-state index contributed by atoms with van der Waals surface area (Å²) in [7, 11) is 1.90. The molecule has 0 saturated heterocycles. The Labute approximate surface area is 113 Å². The Hall–Kier alpha value is -1.91. The van der Waals surface area contributed by atoms with Gasteiger partial charge in [0.05, 0.1) is 16.8 Å². The number of carbonyl (C=O) groups excluding carboxylic acids is 1. The number of aryl methyl sites for hydroxylation is 2. The lowest BCUT2D eigenvalue weighted by molar-refractivity contribution is 0.112. The molecule has 0 fully saturated rings. The van der Waals surface area contributed by atoms with Gasteiger partial charge >= 0.3 is 0 Å². The molecule has 0 atom stereocenters. The van der Waals surface area contributed by atoms with Gasteiger partial charge in [-0.1, -0.05) is 0 Å². The fourth-order valence-electron chi connectivity index (χ4n) is 2.13. The molecule has 0 spiro atoms. The number of nitrogens with zero attached hydrogens (tertiary/aromatic N) is 4. The molecule has 0 bridgehead atoms. The van der Waals surface area contributed by atoms with Crippen molar-refractivity contribution in [2.45, 2.75) is 40.2 Å². The average Bonchev–Trinajstić information content (AvgIpc) is 2.81. The van der Waals surface area contributed by atoms with Gasteiger partial charge in [-0.25, -0.2) is 0 Å². The van der Waals surface area contributed by atoms with Crippen molar-refractivity contribution in [1.82, 2.24) is 19.6 Å². The largest absolute Gasteiger partial charge is 0.298 e. The van der Waals surface area contributed by atoms with Gasteiger partial charge in [-0.15, -0.1) is 0 Å². The maximum absolute atomic E-state index is 11.3. The summed E-state index contributed by atoms with van der Waals surface area (Å²) in [5.41, 5.74) is 4.02. The molecular weight excluding hydrogens is 240 g/mol. The fourth-order valence-corrected chi connectivity index (χ4v) is 2.13. The van der Waals surface area contributed by atoms with Crippen molar-refractivity contribution in [2.24, 2.45) is 7.05 Å². The number of hydrogen-bond acceptors (Lipinski definition) is 3. The monoisotopic (exact) mass is 260 g/mol. The lowest BCUT2D eigenvalue weighted by Gasteiger charge is -2.18. The summed E-state index contributed by atoms with van der Waals surface area (Å²) in [5.74, 6) is 0. The van der Waals surface area contributed by atoms with Crippen LogP contribution in [0.5, 0.6) is 0 Å². The van der Waals surface area contributed by atoms with Crippen LogP contribution in [-0.2, 0) is 12.6 Å². The van der Waals surface area contributed by atoms with Crippen LogP contribution in [0.1, 0.15) is 42.5 Å². The van der Waals surface area contributed by atoms with E-state index in [1.54, 1.807) is 6.20 Å². The van der Waals surface area contributed by atoms with Crippen LogP contribution in [0.3, 0.4) is 0 Å². The molecule has 2 aromatic rings. The third-order valence-corrected chi connectivity index (χ3v) is 3.30. The second-order valence-corrected chi connectivity index (χ2v) is 5.84. The van der Waals surface area contributed by atoms with Crippen molar-refractivity contribution in [1.29, 1.82) is 0 Å². The first-order chi connectivity index (χ1) is 8.75. The predicted octanol–water partition coefficient (Wildman–Crippen LogP) is 2.47. The highest BCUT2D eigenvalue weighted by Crippen LogP contribution is 2.29. The van der Waals surface area contributed by atoms with Crippen molar-refractivity contribution in [2.75, 3.05) is 0 Å². The number of hydrogen-bond donors (Lipinski definition) is 0. The van der Waals surface area contributed by atoms with Gasteiger partial charge in [0.1, 0.15) is 5.69 Å². The summed E-state index contributed by atoms with van der Waals surface area (Å²) < 4.78 is 3.65. The lowest BCUT2D eigenvalue weighted by atomic mass is 10.1. The smallest absolute Gasteiger partial charge is 0.153 e. The Morgan fingerprint density at radius 1 is 1.21 bits per heavy atom. The molecule has 0 N–H and O–H groups in total. The van der Waals surface area contributed by atoms with Crippen LogP contribution in [0.25, 0.3) is 11.3 Å². The van der Waals surface area contributed by atoms with E-state index in [0.29, 0.717) is 11.3 Å². The van der Waals surface area contributed by atoms with Gasteiger partial charge in [0, 0.05) is 24.5 Å². The van der Waals surface area contributed by atoms with Gasteiger partial charge in [0.15, 0.2) is 6.29 Å². The van der Waals surface area contributed by atoms with Crippen molar-refractivity contribution in [3.8, 4) is 11.3 Å². The minimum Gasteiger partial charge on any atom is -0.298 e. The standard InChI is InChI=1S/C14H20N4O/c1-9-12(10(2)17(6)15-9)13-11(8-19)7-18(16-13)14(3,4)5/h7-8H,1-6H3. The van der Waals surface area contributed by atoms with Gasteiger partial charge in [-0.2, -0.15) is 10.2 Å². The van der Waals surface area contributed by atoms with Crippen LogP contribution in [0.15, 0.2) is 6.20 Å². The summed E-state index contributed by atoms with van der Waals surface area (Å²) in [6.07, 6.45) is 2.66. The minimum absolute atomic E-state index is 0.153. The molecule has 0 aliphatic rings. The molecule has 2 rings (SSSR count). The summed E-state index contributed by atoms with van der Waals surface area (Å²) in [6, 6.07) is 0. The predicted molar refractivity (Wildman–Crippen MR) is 74.3 cm³/mol. The van der Waals surface area contributed by atoms with Crippen molar-refractivity contribution in [3.63, 3.8) is 0 Å². The molecule has 0 aliphatic heterocycles. The van der Waals surface area contributed by atoms with Crippen LogP contribution in [0.2, 0.25) is 0 Å². The maximum Gasteiger partial charge on any atom is 0.153 e. The van der Waals surface area contributed by atoms with Gasteiger partial charge < -0.3 is 0 Å². The number of aldehydes is 1. The van der Waals surface area contributed by atoms with Crippen molar-refractivity contribution in [3.05, 3.63) is 23.1 Å². The highest BCUT2D eigenvalue weighted by atomic mass is 16.1. The van der Waals surface area contributed by atoms with E-state index in [9.17, 15) is 4.79 Å². The Morgan fingerprint density at radius 3 is 2.26 bits per heavy atom.